The predicted octanol–water partition coefficient (Wildman–Crippen LogP) is 4.23. The molecule has 7 heteroatoms. The highest BCUT2D eigenvalue weighted by Crippen LogP contribution is 2.28. The van der Waals surface area contributed by atoms with Crippen molar-refractivity contribution < 1.29 is 13.5 Å². The maximum Gasteiger partial charge on any atom is 0.134 e. The third-order valence-corrected chi connectivity index (χ3v) is 6.46. The zero-order valence-corrected chi connectivity index (χ0v) is 15.0. The number of halogens is 2. The predicted molar refractivity (Wildman–Crippen MR) is 90.1 cm³/mol. The Hall–Kier alpha value is -1.05. The van der Waals surface area contributed by atoms with Crippen LogP contribution in [-0.2, 0) is 15.4 Å². The molecule has 2 rings (SSSR count). The lowest BCUT2D eigenvalue weighted by molar-refractivity contribution is 0.0730. The van der Waals surface area contributed by atoms with Crippen molar-refractivity contribution >= 4 is 23.7 Å². The quantitative estimate of drug-likeness (QED) is 0.619. The lowest BCUT2D eigenvalue weighted by Crippen LogP contribution is -2.25. The minimum atomic E-state index is -1.11. The van der Waals surface area contributed by atoms with E-state index in [0.717, 1.165) is 12.1 Å². The summed E-state index contributed by atoms with van der Waals surface area (Å²) in [7, 11) is -1.93. The lowest BCUT2D eigenvalue weighted by Gasteiger charge is -2.18. The summed E-state index contributed by atoms with van der Waals surface area (Å²) < 4.78 is 40.6. The van der Waals surface area contributed by atoms with E-state index in [2.05, 4.69) is 19.6 Å². The number of nitrogens with one attached hydrogen (secondary N) is 1. The van der Waals surface area contributed by atoms with Gasteiger partial charge in [-0.15, -0.1) is 0 Å². The molecule has 0 bridgehead atoms. The van der Waals surface area contributed by atoms with Crippen LogP contribution in [-0.4, -0.2) is 32.2 Å². The van der Waals surface area contributed by atoms with Gasteiger partial charge >= 0.3 is 0 Å². The van der Waals surface area contributed by atoms with Crippen LogP contribution in [0.25, 0.3) is 4.91 Å². The van der Waals surface area contributed by atoms with Gasteiger partial charge in [-0.25, -0.2) is 8.78 Å². The normalized spacial score (nSPS) is 18.7. The average molecular weight is 345 g/mol. The first-order valence-electron chi connectivity index (χ1n) is 7.17. The van der Waals surface area contributed by atoms with Crippen LogP contribution >= 0.6 is 0 Å². The number of benzene rings is 1. The molecule has 22 heavy (non-hydrogen) atoms. The molecule has 1 aromatic rings. The van der Waals surface area contributed by atoms with Gasteiger partial charge in [0, 0.05) is 37.4 Å². The maximum atomic E-state index is 13.8. The van der Waals surface area contributed by atoms with Crippen LogP contribution in [0.2, 0.25) is 25.7 Å². The Kier molecular flexibility index (Phi) is 5.52. The highest BCUT2D eigenvalue weighted by Gasteiger charge is 2.21. The van der Waals surface area contributed by atoms with Gasteiger partial charge in [-0.2, -0.15) is 0 Å². The molecule has 0 spiro atoms. The Balaban J connectivity index is 1.97. The molecule has 1 heterocycles. The third kappa shape index (κ3) is 4.72. The van der Waals surface area contributed by atoms with Gasteiger partial charge in [0.25, 0.3) is 0 Å². The van der Waals surface area contributed by atoms with Crippen LogP contribution in [0.5, 0.6) is 0 Å². The van der Waals surface area contributed by atoms with Crippen LogP contribution in [0.3, 0.4) is 0 Å². The molecule has 1 aliphatic rings. The topological polar surface area (TPSA) is 36.3 Å². The Morgan fingerprint density at radius 2 is 2.05 bits per heavy atom. The Labute approximate surface area is 133 Å². The van der Waals surface area contributed by atoms with Crippen molar-refractivity contribution in [3.63, 3.8) is 0 Å². The first kappa shape index (κ1) is 17.3. The van der Waals surface area contributed by atoms with Gasteiger partial charge in [0.1, 0.15) is 18.4 Å². The summed E-state index contributed by atoms with van der Waals surface area (Å²) in [5.41, 5.74) is 0.310. The van der Waals surface area contributed by atoms with Gasteiger partial charge < -0.3 is 9.64 Å². The van der Waals surface area contributed by atoms with E-state index in [1.54, 1.807) is 6.20 Å². The molecule has 0 amide bonds. The first-order valence-corrected chi connectivity index (χ1v) is 12.3. The number of hydrogen-bond acceptors (Lipinski definition) is 3. The second-order valence-electron chi connectivity index (χ2n) is 6.57. The van der Waals surface area contributed by atoms with Crippen molar-refractivity contribution in [2.45, 2.75) is 25.7 Å². The van der Waals surface area contributed by atoms with Crippen molar-refractivity contribution in [1.82, 2.24) is 4.90 Å². The van der Waals surface area contributed by atoms with Crippen LogP contribution in [0, 0.1) is 16.4 Å². The molecule has 0 fully saturated rings. The Morgan fingerprint density at radius 1 is 1.32 bits per heavy atom. The number of hydrogen-bond donors (Lipinski definition) is 1. The highest BCUT2D eigenvalue weighted by molar-refractivity contribution is 7.95. The molecule has 1 aliphatic heterocycles. The molecule has 1 N–H and O–H groups in total. The fourth-order valence-electron chi connectivity index (χ4n) is 2.03. The molecule has 1 unspecified atom stereocenters. The molecule has 3 nitrogen and oxygen atoms in total. The van der Waals surface area contributed by atoms with E-state index in [-0.39, 0.29) is 0 Å². The van der Waals surface area contributed by atoms with E-state index in [1.807, 2.05) is 4.90 Å². The summed E-state index contributed by atoms with van der Waals surface area (Å²) in [4.78, 5) is 2.49. The summed E-state index contributed by atoms with van der Waals surface area (Å²) in [6.45, 7) is 8.01. The molecule has 0 saturated heterocycles. The van der Waals surface area contributed by atoms with E-state index in [0.29, 0.717) is 29.7 Å². The summed E-state index contributed by atoms with van der Waals surface area (Å²) in [6, 6.07) is 4.58. The minimum absolute atomic E-state index is 0.310. The van der Waals surface area contributed by atoms with Gasteiger partial charge in [0.15, 0.2) is 0 Å². The van der Waals surface area contributed by atoms with Gasteiger partial charge in [-0.3, -0.25) is 4.78 Å². The molecule has 0 aliphatic carbocycles. The summed E-state index contributed by atoms with van der Waals surface area (Å²) in [5.74, 6) is -0.715. The molecular weight excluding hydrogens is 322 g/mol. The molecule has 0 saturated carbocycles. The van der Waals surface area contributed by atoms with Crippen LogP contribution < -0.4 is 0 Å². The van der Waals surface area contributed by atoms with Crippen molar-refractivity contribution in [3.8, 4) is 0 Å². The summed E-state index contributed by atoms with van der Waals surface area (Å²) >= 11 is 0. The van der Waals surface area contributed by atoms with Gasteiger partial charge in [0.2, 0.25) is 0 Å². The fourth-order valence-corrected chi connectivity index (χ4v) is 4.11. The number of nitrogens with zero attached hydrogens (tertiary/aromatic N) is 1. The van der Waals surface area contributed by atoms with E-state index in [1.165, 1.54) is 12.1 Å². The Bertz CT molecular complexity index is 602. The lowest BCUT2D eigenvalue weighted by atomic mass is 10.2. The van der Waals surface area contributed by atoms with Crippen LogP contribution in [0.15, 0.2) is 24.4 Å². The van der Waals surface area contributed by atoms with Crippen molar-refractivity contribution in [2.24, 2.45) is 0 Å². The molecular formula is C15H22F2N2OSSi. The summed E-state index contributed by atoms with van der Waals surface area (Å²) in [5, 5.41) is 0. The number of ether oxygens (including phenoxy) is 1. The summed E-state index contributed by atoms with van der Waals surface area (Å²) in [6.07, 6.45) is 1.76. The SMILES string of the molecule is C[Si](C)(C)CCOCN1C=C(c2ccc(F)cc2F)S(=N)C1. The van der Waals surface area contributed by atoms with Gasteiger partial charge in [-0.1, -0.05) is 30.3 Å². The van der Waals surface area contributed by atoms with Crippen LogP contribution in [0.4, 0.5) is 8.78 Å². The van der Waals surface area contributed by atoms with Gasteiger partial charge in [-0.05, 0) is 18.2 Å². The molecule has 1 aromatic carbocycles. The van der Waals surface area contributed by atoms with E-state index in [4.69, 9.17) is 9.52 Å². The molecule has 1 atom stereocenters. The fraction of sp³-hybridized carbons (Fsp3) is 0.467. The molecule has 0 aromatic heterocycles. The van der Waals surface area contributed by atoms with E-state index < -0.39 is 30.4 Å². The maximum absolute atomic E-state index is 13.8. The second-order valence-corrected chi connectivity index (χ2v) is 13.7. The zero-order chi connectivity index (χ0) is 16.3. The smallest absolute Gasteiger partial charge is 0.134 e. The second kappa shape index (κ2) is 7.02. The highest BCUT2D eigenvalue weighted by atomic mass is 32.2. The van der Waals surface area contributed by atoms with Crippen molar-refractivity contribution in [1.29, 1.82) is 4.78 Å². The Morgan fingerprint density at radius 3 is 2.68 bits per heavy atom. The minimum Gasteiger partial charge on any atom is -0.361 e. The number of rotatable bonds is 6. The third-order valence-electron chi connectivity index (χ3n) is 3.31. The van der Waals surface area contributed by atoms with Crippen LogP contribution in [0.1, 0.15) is 5.56 Å². The van der Waals surface area contributed by atoms with E-state index in [9.17, 15) is 8.78 Å². The first-order chi connectivity index (χ1) is 10.3. The molecule has 122 valence electrons. The monoisotopic (exact) mass is 344 g/mol. The van der Waals surface area contributed by atoms with Gasteiger partial charge in [0.05, 0.1) is 5.88 Å². The zero-order valence-electron chi connectivity index (χ0n) is 13.2. The van der Waals surface area contributed by atoms with Crippen molar-refractivity contribution in [3.05, 3.63) is 41.6 Å². The van der Waals surface area contributed by atoms with Crippen molar-refractivity contribution in [2.75, 3.05) is 19.2 Å². The van der Waals surface area contributed by atoms with E-state index >= 15 is 0 Å². The standard InChI is InChI=1S/C15H22F2N2OSSi/c1-22(2,3)7-6-20-10-19-9-15(21(18)11-19)13-5-4-12(16)8-14(13)17/h4-5,8-9,18H,6-7,10-11H2,1-3H3. The largest absolute Gasteiger partial charge is 0.361 e. The molecule has 0 radical (unpaired) electrons. The average Bonchev–Trinajstić information content (AvgIpc) is 2.75.